The number of aromatic nitrogens is 4. The molecule has 1 N–H and O–H groups in total. The van der Waals surface area contributed by atoms with Gasteiger partial charge >= 0.3 is 0 Å². The number of nitrogens with one attached hydrogen (secondary N) is 1. The highest BCUT2D eigenvalue weighted by molar-refractivity contribution is 6.04. The monoisotopic (exact) mass is 370 g/mol. The molecular weight excluding hydrogens is 348 g/mol. The first kappa shape index (κ1) is 17.3. The molecule has 0 amide bonds. The van der Waals surface area contributed by atoms with E-state index in [2.05, 4.69) is 37.8 Å². The van der Waals surface area contributed by atoms with Crippen LogP contribution in [0.3, 0.4) is 0 Å². The molecular formula is C17H22N8O2. The van der Waals surface area contributed by atoms with Crippen LogP contribution in [-0.4, -0.2) is 36.7 Å². The SMILES string of the molecule is CCCCC1(c2cc(C)on2)NN=C2C=CC(OCc3ncnn3C)=NN21. The predicted molar refractivity (Wildman–Crippen MR) is 97.2 cm³/mol. The summed E-state index contributed by atoms with van der Waals surface area (Å²) in [5, 5.41) is 19.2. The van der Waals surface area contributed by atoms with Crippen LogP contribution in [-0.2, 0) is 24.1 Å². The molecule has 0 radical (unpaired) electrons. The summed E-state index contributed by atoms with van der Waals surface area (Å²) in [5.41, 5.74) is 3.29. The van der Waals surface area contributed by atoms with Crippen molar-refractivity contribution in [3.8, 4) is 0 Å². The smallest absolute Gasteiger partial charge is 0.231 e. The van der Waals surface area contributed by atoms with Crippen molar-refractivity contribution in [2.75, 3.05) is 0 Å². The molecule has 2 aromatic rings. The Bertz CT molecular complexity index is 912. The topological polar surface area (TPSA) is 106 Å². The molecule has 27 heavy (non-hydrogen) atoms. The van der Waals surface area contributed by atoms with Crippen molar-refractivity contribution in [1.82, 2.24) is 30.4 Å². The van der Waals surface area contributed by atoms with Gasteiger partial charge in [0.25, 0.3) is 0 Å². The summed E-state index contributed by atoms with van der Waals surface area (Å²) >= 11 is 0. The van der Waals surface area contributed by atoms with Crippen molar-refractivity contribution in [2.45, 2.75) is 45.4 Å². The molecule has 0 aliphatic carbocycles. The lowest BCUT2D eigenvalue weighted by atomic mass is 9.98. The normalized spacial score (nSPS) is 20.9. The number of hydrogen-bond donors (Lipinski definition) is 1. The highest BCUT2D eigenvalue weighted by Crippen LogP contribution is 2.36. The van der Waals surface area contributed by atoms with Gasteiger partial charge < -0.3 is 9.26 Å². The van der Waals surface area contributed by atoms with Crippen LogP contribution in [0.5, 0.6) is 0 Å². The molecule has 0 fully saturated rings. The van der Waals surface area contributed by atoms with Gasteiger partial charge in [0.05, 0.1) is 0 Å². The first-order valence-corrected chi connectivity index (χ1v) is 8.93. The molecule has 10 nitrogen and oxygen atoms in total. The second kappa shape index (κ2) is 6.86. The van der Waals surface area contributed by atoms with Crippen molar-refractivity contribution in [3.05, 3.63) is 41.8 Å². The van der Waals surface area contributed by atoms with Crippen LogP contribution in [0.1, 0.15) is 43.5 Å². The van der Waals surface area contributed by atoms with Crippen LogP contribution in [0.15, 0.2) is 39.3 Å². The van der Waals surface area contributed by atoms with Gasteiger partial charge in [0.2, 0.25) is 5.90 Å². The summed E-state index contributed by atoms with van der Waals surface area (Å²) in [5.74, 6) is 2.64. The molecule has 1 atom stereocenters. The van der Waals surface area contributed by atoms with Gasteiger partial charge in [-0.1, -0.05) is 18.5 Å². The van der Waals surface area contributed by atoms with E-state index in [4.69, 9.17) is 9.26 Å². The van der Waals surface area contributed by atoms with E-state index in [9.17, 15) is 0 Å². The van der Waals surface area contributed by atoms with Gasteiger partial charge in [0.1, 0.15) is 24.4 Å². The number of hydrogen-bond acceptors (Lipinski definition) is 9. The fraction of sp³-hybridized carbons (Fsp3) is 0.471. The number of unbranched alkanes of at least 4 members (excludes halogenated alkanes) is 1. The number of ether oxygens (including phenoxy) is 1. The van der Waals surface area contributed by atoms with Crippen LogP contribution in [0.4, 0.5) is 0 Å². The zero-order valence-corrected chi connectivity index (χ0v) is 15.6. The molecule has 10 heteroatoms. The Labute approximate surface area is 156 Å². The number of hydrazone groups is 2. The van der Waals surface area contributed by atoms with Crippen molar-refractivity contribution < 1.29 is 9.26 Å². The maximum atomic E-state index is 5.83. The first-order chi connectivity index (χ1) is 13.1. The Balaban J connectivity index is 1.60. The highest BCUT2D eigenvalue weighted by atomic mass is 16.5. The number of rotatable bonds is 6. The lowest BCUT2D eigenvalue weighted by Gasteiger charge is -2.35. The zero-order valence-electron chi connectivity index (χ0n) is 15.6. The quantitative estimate of drug-likeness (QED) is 0.826. The molecule has 2 aliphatic rings. The average Bonchev–Trinajstić information content (AvgIpc) is 3.38. The average molecular weight is 370 g/mol. The Hall–Kier alpha value is -3.17. The second-order valence-electron chi connectivity index (χ2n) is 6.54. The Kier molecular flexibility index (Phi) is 4.38. The molecule has 0 bridgehead atoms. The van der Waals surface area contributed by atoms with E-state index in [1.807, 2.05) is 31.1 Å². The molecule has 1 unspecified atom stereocenters. The number of fused-ring (bicyclic) bond motifs is 1. The van der Waals surface area contributed by atoms with Crippen LogP contribution < -0.4 is 5.43 Å². The van der Waals surface area contributed by atoms with Crippen molar-refractivity contribution in [1.29, 1.82) is 0 Å². The Morgan fingerprint density at radius 1 is 1.33 bits per heavy atom. The minimum absolute atomic E-state index is 0.276. The largest absolute Gasteiger partial charge is 0.468 e. The minimum Gasteiger partial charge on any atom is -0.468 e. The second-order valence-corrected chi connectivity index (χ2v) is 6.54. The molecule has 2 aliphatic heterocycles. The maximum absolute atomic E-state index is 5.83. The van der Waals surface area contributed by atoms with Gasteiger partial charge in [0, 0.05) is 19.2 Å². The predicted octanol–water partition coefficient (Wildman–Crippen LogP) is 1.77. The number of aryl methyl sites for hydroxylation is 2. The summed E-state index contributed by atoms with van der Waals surface area (Å²) < 4.78 is 12.8. The van der Waals surface area contributed by atoms with Crippen molar-refractivity contribution in [3.63, 3.8) is 0 Å². The van der Waals surface area contributed by atoms with E-state index < -0.39 is 5.66 Å². The molecule has 0 aromatic carbocycles. The van der Waals surface area contributed by atoms with Crippen LogP contribution in [0.2, 0.25) is 0 Å². The summed E-state index contributed by atoms with van der Waals surface area (Å²) in [6.07, 6.45) is 7.94. The van der Waals surface area contributed by atoms with Gasteiger partial charge in [-0.15, -0.1) is 5.10 Å². The Morgan fingerprint density at radius 3 is 2.93 bits per heavy atom. The third-order valence-electron chi connectivity index (χ3n) is 4.61. The summed E-state index contributed by atoms with van der Waals surface area (Å²) in [6.45, 7) is 4.29. The minimum atomic E-state index is -0.687. The van der Waals surface area contributed by atoms with Crippen LogP contribution >= 0.6 is 0 Å². The lowest BCUT2D eigenvalue weighted by molar-refractivity contribution is 0.124. The van der Waals surface area contributed by atoms with Gasteiger partial charge in [-0.25, -0.2) is 9.99 Å². The van der Waals surface area contributed by atoms with E-state index in [0.29, 0.717) is 11.7 Å². The van der Waals surface area contributed by atoms with Gasteiger partial charge in [-0.2, -0.15) is 10.2 Å². The third-order valence-corrected chi connectivity index (χ3v) is 4.61. The van der Waals surface area contributed by atoms with E-state index in [0.717, 1.165) is 36.5 Å². The molecule has 0 saturated carbocycles. The van der Waals surface area contributed by atoms with E-state index in [-0.39, 0.29) is 6.61 Å². The summed E-state index contributed by atoms with van der Waals surface area (Å²) in [6, 6.07) is 1.91. The van der Waals surface area contributed by atoms with E-state index in [1.54, 1.807) is 10.8 Å². The molecule has 0 saturated heterocycles. The van der Waals surface area contributed by atoms with Crippen molar-refractivity contribution >= 4 is 11.7 Å². The highest BCUT2D eigenvalue weighted by Gasteiger charge is 2.47. The Morgan fingerprint density at radius 2 is 2.22 bits per heavy atom. The number of nitrogens with zero attached hydrogens (tertiary/aromatic N) is 7. The van der Waals surface area contributed by atoms with Gasteiger partial charge in [-0.3, -0.25) is 10.1 Å². The van der Waals surface area contributed by atoms with Crippen LogP contribution in [0.25, 0.3) is 0 Å². The lowest BCUT2D eigenvalue weighted by Crippen LogP contribution is -2.50. The standard InChI is InChI=1S/C17H22N8O2/c1-4-5-8-17(13-9-12(2)27-22-13)23-20-14-6-7-16(21-25(14)17)26-10-15-18-11-19-24(15)3/h6-7,9,11,23H,4-5,8,10H2,1-3H3. The first-order valence-electron chi connectivity index (χ1n) is 8.93. The zero-order chi connectivity index (χ0) is 18.9. The summed E-state index contributed by atoms with van der Waals surface area (Å²) in [7, 11) is 1.82. The van der Waals surface area contributed by atoms with Gasteiger partial charge in [0.15, 0.2) is 17.3 Å². The molecule has 4 rings (SSSR count). The van der Waals surface area contributed by atoms with Crippen LogP contribution in [0, 0.1) is 6.92 Å². The molecule has 4 heterocycles. The van der Waals surface area contributed by atoms with Crippen molar-refractivity contribution in [2.24, 2.45) is 17.3 Å². The van der Waals surface area contributed by atoms with Gasteiger partial charge in [-0.05, 0) is 25.8 Å². The molecule has 142 valence electrons. The van der Waals surface area contributed by atoms with E-state index in [1.165, 1.54) is 6.33 Å². The fourth-order valence-corrected chi connectivity index (χ4v) is 3.08. The summed E-state index contributed by atoms with van der Waals surface area (Å²) in [4.78, 5) is 4.16. The third kappa shape index (κ3) is 3.07. The number of amidine groups is 1. The molecule has 0 spiro atoms. The maximum Gasteiger partial charge on any atom is 0.231 e. The molecule has 2 aromatic heterocycles. The van der Waals surface area contributed by atoms with E-state index >= 15 is 0 Å². The fourth-order valence-electron chi connectivity index (χ4n) is 3.08.